The van der Waals surface area contributed by atoms with Gasteiger partial charge in [0.1, 0.15) is 11.9 Å². The van der Waals surface area contributed by atoms with Crippen molar-refractivity contribution in [3.05, 3.63) is 47.3 Å². The number of rotatable bonds is 5. The molecule has 1 saturated heterocycles. The van der Waals surface area contributed by atoms with E-state index in [1.165, 1.54) is 11.3 Å². The van der Waals surface area contributed by atoms with Crippen molar-refractivity contribution in [2.45, 2.75) is 46.4 Å². The lowest BCUT2D eigenvalue weighted by Crippen LogP contribution is -2.57. The highest BCUT2D eigenvalue weighted by Gasteiger charge is 2.32. The molecule has 0 unspecified atom stereocenters. The Morgan fingerprint density at radius 3 is 2.64 bits per heavy atom. The van der Waals surface area contributed by atoms with E-state index < -0.39 is 0 Å². The second kappa shape index (κ2) is 6.13. The molecule has 0 saturated carbocycles. The van der Waals surface area contributed by atoms with Gasteiger partial charge < -0.3 is 4.74 Å². The molecule has 118 valence electrons. The minimum absolute atomic E-state index is 0.310. The lowest BCUT2D eigenvalue weighted by Gasteiger charge is -2.42. The van der Waals surface area contributed by atoms with Crippen molar-refractivity contribution in [2.75, 3.05) is 13.1 Å². The zero-order valence-corrected chi connectivity index (χ0v) is 13.9. The second-order valence-electron chi connectivity index (χ2n) is 6.47. The lowest BCUT2D eigenvalue weighted by atomic mass is 10.1. The van der Waals surface area contributed by atoms with Crippen LogP contribution in [0.1, 0.15) is 23.9 Å². The minimum Gasteiger partial charge on any atom is -0.488 e. The summed E-state index contributed by atoms with van der Waals surface area (Å²) in [6.07, 6.45) is 0.310. The summed E-state index contributed by atoms with van der Waals surface area (Å²) >= 11 is 0. The van der Waals surface area contributed by atoms with Crippen LogP contribution < -0.4 is 4.74 Å². The van der Waals surface area contributed by atoms with Crippen molar-refractivity contribution < 1.29 is 4.74 Å². The number of aryl methyl sites for hydroxylation is 3. The Morgan fingerprint density at radius 1 is 1.23 bits per heavy atom. The predicted octanol–water partition coefficient (Wildman–Crippen LogP) is 2.96. The molecule has 1 fully saturated rings. The van der Waals surface area contributed by atoms with E-state index in [0.717, 1.165) is 31.1 Å². The number of benzene rings is 1. The van der Waals surface area contributed by atoms with Gasteiger partial charge in [-0.05, 0) is 51.5 Å². The van der Waals surface area contributed by atoms with Crippen molar-refractivity contribution in [1.82, 2.24) is 14.7 Å². The van der Waals surface area contributed by atoms with E-state index in [1.54, 1.807) is 0 Å². The van der Waals surface area contributed by atoms with Crippen LogP contribution in [-0.2, 0) is 6.54 Å². The average molecular weight is 299 g/mol. The Balaban J connectivity index is 1.49. The summed E-state index contributed by atoms with van der Waals surface area (Å²) in [5, 5.41) is 4.55. The highest BCUT2D eigenvalue weighted by molar-refractivity contribution is 5.27. The molecule has 1 aromatic carbocycles. The van der Waals surface area contributed by atoms with Crippen LogP contribution in [-0.4, -0.2) is 39.9 Å². The molecule has 1 atom stereocenters. The lowest BCUT2D eigenvalue weighted by molar-refractivity contribution is -0.00960. The van der Waals surface area contributed by atoms with Crippen LogP contribution in [0.4, 0.5) is 0 Å². The van der Waals surface area contributed by atoms with E-state index >= 15 is 0 Å². The SMILES string of the molecule is Cc1cccc(OC2CN([C@H](C)Cn3nc(C)cc3C)C2)c1. The predicted molar refractivity (Wildman–Crippen MR) is 88.3 cm³/mol. The third-order valence-corrected chi connectivity index (χ3v) is 4.33. The third-order valence-electron chi connectivity index (χ3n) is 4.33. The van der Waals surface area contributed by atoms with Crippen molar-refractivity contribution in [2.24, 2.45) is 0 Å². The molecule has 0 radical (unpaired) electrons. The van der Waals surface area contributed by atoms with E-state index in [9.17, 15) is 0 Å². The molecule has 0 bridgehead atoms. The fourth-order valence-electron chi connectivity index (χ4n) is 3.01. The van der Waals surface area contributed by atoms with Gasteiger partial charge in [-0.25, -0.2) is 0 Å². The monoisotopic (exact) mass is 299 g/mol. The van der Waals surface area contributed by atoms with Crippen LogP contribution in [0.2, 0.25) is 0 Å². The van der Waals surface area contributed by atoms with E-state index in [2.05, 4.69) is 53.7 Å². The summed E-state index contributed by atoms with van der Waals surface area (Å²) in [5.74, 6) is 0.982. The number of likely N-dealkylation sites (tertiary alicyclic amines) is 1. The smallest absolute Gasteiger partial charge is 0.124 e. The van der Waals surface area contributed by atoms with Crippen LogP contribution in [0.25, 0.3) is 0 Å². The summed E-state index contributed by atoms with van der Waals surface area (Å²) in [4.78, 5) is 2.46. The molecule has 1 aliphatic rings. The molecule has 1 aliphatic heterocycles. The summed E-state index contributed by atoms with van der Waals surface area (Å²) in [7, 11) is 0. The summed E-state index contributed by atoms with van der Waals surface area (Å²) in [6.45, 7) is 11.4. The van der Waals surface area contributed by atoms with E-state index in [0.29, 0.717) is 12.1 Å². The maximum atomic E-state index is 6.03. The number of aromatic nitrogens is 2. The molecule has 4 heteroatoms. The van der Waals surface area contributed by atoms with Crippen LogP contribution in [0.5, 0.6) is 5.75 Å². The van der Waals surface area contributed by atoms with E-state index in [1.807, 2.05) is 19.1 Å². The minimum atomic E-state index is 0.310. The largest absolute Gasteiger partial charge is 0.488 e. The third kappa shape index (κ3) is 3.33. The number of ether oxygens (including phenoxy) is 1. The average Bonchev–Trinajstić information content (AvgIpc) is 2.71. The Morgan fingerprint density at radius 2 is 2.00 bits per heavy atom. The molecule has 0 aliphatic carbocycles. The first-order chi connectivity index (χ1) is 10.5. The number of hydrogen-bond acceptors (Lipinski definition) is 3. The van der Waals surface area contributed by atoms with Gasteiger partial charge in [0.05, 0.1) is 12.2 Å². The van der Waals surface area contributed by atoms with Crippen molar-refractivity contribution in [1.29, 1.82) is 0 Å². The van der Waals surface area contributed by atoms with Gasteiger partial charge in [0.15, 0.2) is 0 Å². The van der Waals surface area contributed by atoms with Crippen molar-refractivity contribution >= 4 is 0 Å². The molecule has 0 N–H and O–H groups in total. The fraction of sp³-hybridized carbons (Fsp3) is 0.500. The van der Waals surface area contributed by atoms with Gasteiger partial charge in [0, 0.05) is 24.8 Å². The molecule has 0 spiro atoms. The summed E-state index contributed by atoms with van der Waals surface area (Å²) < 4.78 is 8.13. The van der Waals surface area contributed by atoms with Gasteiger partial charge in [-0.3, -0.25) is 9.58 Å². The van der Waals surface area contributed by atoms with Gasteiger partial charge in [0.2, 0.25) is 0 Å². The van der Waals surface area contributed by atoms with Gasteiger partial charge >= 0.3 is 0 Å². The van der Waals surface area contributed by atoms with Gasteiger partial charge in [-0.1, -0.05) is 12.1 Å². The zero-order chi connectivity index (χ0) is 15.7. The quantitative estimate of drug-likeness (QED) is 0.850. The molecule has 1 aromatic heterocycles. The number of hydrogen-bond donors (Lipinski definition) is 0. The summed E-state index contributed by atoms with van der Waals surface area (Å²) in [6, 6.07) is 10.9. The van der Waals surface area contributed by atoms with Crippen LogP contribution in [0.15, 0.2) is 30.3 Å². The molecular weight excluding hydrogens is 274 g/mol. The van der Waals surface area contributed by atoms with Crippen LogP contribution >= 0.6 is 0 Å². The maximum absolute atomic E-state index is 6.03. The van der Waals surface area contributed by atoms with Gasteiger partial charge in [-0.2, -0.15) is 5.10 Å². The highest BCUT2D eigenvalue weighted by atomic mass is 16.5. The molecule has 2 aromatic rings. The highest BCUT2D eigenvalue weighted by Crippen LogP contribution is 2.21. The Hall–Kier alpha value is -1.81. The van der Waals surface area contributed by atoms with Gasteiger partial charge in [-0.15, -0.1) is 0 Å². The first kappa shape index (κ1) is 15.1. The van der Waals surface area contributed by atoms with Gasteiger partial charge in [0.25, 0.3) is 0 Å². The first-order valence-electron chi connectivity index (χ1n) is 7.99. The number of nitrogens with zero attached hydrogens (tertiary/aromatic N) is 3. The Kier molecular flexibility index (Phi) is 4.21. The van der Waals surface area contributed by atoms with Crippen molar-refractivity contribution in [3.63, 3.8) is 0 Å². The Bertz CT molecular complexity index is 644. The van der Waals surface area contributed by atoms with Crippen LogP contribution in [0.3, 0.4) is 0 Å². The van der Waals surface area contributed by atoms with Crippen LogP contribution in [0, 0.1) is 20.8 Å². The topological polar surface area (TPSA) is 30.3 Å². The van der Waals surface area contributed by atoms with E-state index in [4.69, 9.17) is 4.74 Å². The van der Waals surface area contributed by atoms with Crippen molar-refractivity contribution in [3.8, 4) is 5.75 Å². The molecular formula is C18H25N3O. The fourth-order valence-corrected chi connectivity index (χ4v) is 3.01. The molecule has 0 amide bonds. The summed E-state index contributed by atoms with van der Waals surface area (Å²) in [5.41, 5.74) is 3.57. The molecule has 22 heavy (non-hydrogen) atoms. The zero-order valence-electron chi connectivity index (χ0n) is 13.9. The molecule has 2 heterocycles. The Labute approximate surface area is 132 Å². The standard InChI is InChI=1S/C18H25N3O/c1-13-6-5-7-17(8-13)22-18-11-20(12-18)16(4)10-21-15(3)9-14(2)19-21/h5-9,16,18H,10-12H2,1-4H3/t16-/m1/s1. The first-order valence-corrected chi connectivity index (χ1v) is 7.99. The molecule has 4 nitrogen and oxygen atoms in total. The maximum Gasteiger partial charge on any atom is 0.124 e. The van der Waals surface area contributed by atoms with E-state index in [-0.39, 0.29) is 0 Å². The normalized spacial score (nSPS) is 17.3. The second-order valence-corrected chi connectivity index (χ2v) is 6.47. The molecule has 3 rings (SSSR count).